The van der Waals surface area contributed by atoms with Crippen LogP contribution >= 0.6 is 0 Å². The zero-order chi connectivity index (χ0) is 38.2. The van der Waals surface area contributed by atoms with Crippen LogP contribution in [0.25, 0.3) is 77.2 Å². The van der Waals surface area contributed by atoms with Gasteiger partial charge in [0.15, 0.2) is 0 Å². The molecule has 0 atom stereocenters. The Bertz CT molecular complexity index is 2760. The molecule has 2 aliphatic carbocycles. The van der Waals surface area contributed by atoms with Crippen molar-refractivity contribution in [2.45, 2.75) is 77.6 Å². The molecule has 0 N–H and O–H groups in total. The fourth-order valence-electron chi connectivity index (χ4n) is 11.1. The lowest BCUT2D eigenvalue weighted by atomic mass is 9.72. The minimum Gasteiger partial charge on any atom is -0.0642 e. The van der Waals surface area contributed by atoms with E-state index in [-0.39, 0.29) is 10.8 Å². The van der Waals surface area contributed by atoms with Crippen LogP contribution in [0.5, 0.6) is 0 Å². The number of hydrogen-bond acceptors (Lipinski definition) is 0. The van der Waals surface area contributed by atoms with Crippen molar-refractivity contribution in [2.24, 2.45) is 0 Å². The topological polar surface area (TPSA) is 0 Å². The summed E-state index contributed by atoms with van der Waals surface area (Å²) in [6, 6.07) is 58.5. The van der Waals surface area contributed by atoms with Gasteiger partial charge in [-0.2, -0.15) is 0 Å². The Morgan fingerprint density at radius 3 is 1.14 bits per heavy atom. The molecule has 0 fully saturated rings. The molecule has 0 amide bonds. The summed E-state index contributed by atoms with van der Waals surface area (Å²) < 4.78 is 0. The summed E-state index contributed by atoms with van der Waals surface area (Å²) >= 11 is 0. The smallest absolute Gasteiger partial charge is 0.0210 e. The van der Waals surface area contributed by atoms with Gasteiger partial charge >= 0.3 is 0 Å². The van der Waals surface area contributed by atoms with Gasteiger partial charge in [-0.25, -0.2) is 0 Å². The average Bonchev–Trinajstić information content (AvgIpc) is 3.71. The van der Waals surface area contributed by atoms with Crippen LogP contribution in [0.4, 0.5) is 0 Å². The molecule has 10 rings (SSSR count). The molecule has 0 aromatic heterocycles. The summed E-state index contributed by atoms with van der Waals surface area (Å²) in [6.07, 6.45) is 5.36. The van der Waals surface area contributed by atoms with Gasteiger partial charge in [0, 0.05) is 10.8 Å². The van der Waals surface area contributed by atoms with E-state index >= 15 is 0 Å². The zero-order valence-electron chi connectivity index (χ0n) is 33.5. The Hall–Kier alpha value is -5.72. The molecule has 56 heavy (non-hydrogen) atoms. The van der Waals surface area contributed by atoms with Crippen molar-refractivity contribution in [3.8, 4) is 55.6 Å². The normalized spacial score (nSPS) is 14.4. The maximum absolute atomic E-state index is 2.56. The largest absolute Gasteiger partial charge is 0.0642 e. The summed E-state index contributed by atoms with van der Waals surface area (Å²) in [5.74, 6) is 0. The van der Waals surface area contributed by atoms with Gasteiger partial charge in [-0.1, -0.05) is 168 Å². The summed E-state index contributed by atoms with van der Waals surface area (Å²) in [5.41, 5.74) is 20.8. The predicted molar refractivity (Wildman–Crippen MR) is 241 cm³/mol. The van der Waals surface area contributed by atoms with Crippen LogP contribution in [0.1, 0.15) is 88.1 Å². The second-order valence-electron chi connectivity index (χ2n) is 16.3. The van der Waals surface area contributed by atoms with Gasteiger partial charge in [0.2, 0.25) is 0 Å². The summed E-state index contributed by atoms with van der Waals surface area (Å²) in [7, 11) is 0. The van der Waals surface area contributed by atoms with Crippen molar-refractivity contribution in [1.82, 2.24) is 0 Å². The highest BCUT2D eigenvalue weighted by molar-refractivity contribution is 6.21. The minimum absolute atomic E-state index is 0.0627. The molecule has 0 unspecified atom stereocenters. The Morgan fingerprint density at radius 1 is 0.321 bits per heavy atom. The molecule has 0 heterocycles. The molecule has 0 bridgehead atoms. The Balaban J connectivity index is 1.12. The van der Waals surface area contributed by atoms with Crippen molar-refractivity contribution in [1.29, 1.82) is 0 Å². The second-order valence-corrected chi connectivity index (χ2v) is 16.3. The van der Waals surface area contributed by atoms with Gasteiger partial charge in [-0.05, 0) is 155 Å². The standard InChI is InChI=1S/C56H50/c1-6-36-23-25-37(26-24-36)53-45-18-11-13-20-47(45)54(48-21-14-12-19-46(48)53)40-29-32-44-43-31-28-39(34-51(43)56(9-4,10-5)52(44)35-40)38-27-30-42-41-17-15-16-22-49(41)55(7-2,8-3)50(42)33-38/h11-35H,6-10H2,1-5H3. The molecule has 8 aromatic carbocycles. The molecule has 0 saturated carbocycles. The van der Waals surface area contributed by atoms with Crippen molar-refractivity contribution in [3.05, 3.63) is 179 Å². The van der Waals surface area contributed by atoms with Crippen LogP contribution in [0.2, 0.25) is 0 Å². The second kappa shape index (κ2) is 13.2. The van der Waals surface area contributed by atoms with Gasteiger partial charge < -0.3 is 0 Å². The van der Waals surface area contributed by atoms with E-state index in [0.717, 1.165) is 32.1 Å². The van der Waals surface area contributed by atoms with Crippen LogP contribution in [0.3, 0.4) is 0 Å². The molecule has 8 aromatic rings. The third-order valence-electron chi connectivity index (χ3n) is 14.2. The number of benzene rings is 8. The van der Waals surface area contributed by atoms with Gasteiger partial charge in [0.05, 0.1) is 0 Å². The van der Waals surface area contributed by atoms with Gasteiger partial charge in [-0.3, -0.25) is 0 Å². The van der Waals surface area contributed by atoms with E-state index < -0.39 is 0 Å². The molecule has 0 spiro atoms. The maximum Gasteiger partial charge on any atom is 0.0210 e. The quantitative estimate of drug-likeness (QED) is 0.137. The van der Waals surface area contributed by atoms with Crippen molar-refractivity contribution in [2.75, 3.05) is 0 Å². The highest BCUT2D eigenvalue weighted by atomic mass is 14.5. The molecule has 2 aliphatic rings. The Kier molecular flexibility index (Phi) is 8.19. The van der Waals surface area contributed by atoms with Gasteiger partial charge in [-0.15, -0.1) is 0 Å². The van der Waals surface area contributed by atoms with Gasteiger partial charge in [0.25, 0.3) is 0 Å². The van der Waals surface area contributed by atoms with Crippen molar-refractivity contribution in [3.63, 3.8) is 0 Å². The summed E-state index contributed by atoms with van der Waals surface area (Å²) in [6.45, 7) is 11.8. The molecule has 0 nitrogen and oxygen atoms in total. The fourth-order valence-corrected chi connectivity index (χ4v) is 11.1. The third kappa shape index (κ3) is 4.78. The zero-order valence-corrected chi connectivity index (χ0v) is 33.5. The number of aryl methyl sites for hydroxylation is 1. The molecule has 0 saturated heterocycles. The first-order valence-electron chi connectivity index (χ1n) is 21.1. The number of fused-ring (bicyclic) bond motifs is 8. The lowest BCUT2D eigenvalue weighted by molar-refractivity contribution is 0.490. The molecule has 274 valence electrons. The maximum atomic E-state index is 2.56. The number of hydrogen-bond donors (Lipinski definition) is 0. The number of rotatable bonds is 8. The average molecular weight is 723 g/mol. The first-order chi connectivity index (χ1) is 27.5. The fraction of sp³-hybridized carbons (Fsp3) is 0.214. The van der Waals surface area contributed by atoms with E-state index in [1.807, 2.05) is 0 Å². The van der Waals surface area contributed by atoms with Gasteiger partial charge in [0.1, 0.15) is 0 Å². The first kappa shape index (κ1) is 34.7. The first-order valence-corrected chi connectivity index (χ1v) is 21.1. The molecule has 0 radical (unpaired) electrons. The Labute approximate surface area is 332 Å². The van der Waals surface area contributed by atoms with E-state index in [1.165, 1.54) is 105 Å². The minimum atomic E-state index is -0.0627. The Morgan fingerprint density at radius 2 is 0.679 bits per heavy atom. The highest BCUT2D eigenvalue weighted by Crippen LogP contribution is 2.57. The highest BCUT2D eigenvalue weighted by Gasteiger charge is 2.42. The summed E-state index contributed by atoms with van der Waals surface area (Å²) in [5, 5.41) is 5.24. The van der Waals surface area contributed by atoms with Crippen molar-refractivity contribution < 1.29 is 0 Å². The van der Waals surface area contributed by atoms with Crippen LogP contribution < -0.4 is 0 Å². The molecular weight excluding hydrogens is 673 g/mol. The lowest BCUT2D eigenvalue weighted by Gasteiger charge is -2.31. The van der Waals surface area contributed by atoms with Crippen LogP contribution in [-0.4, -0.2) is 0 Å². The van der Waals surface area contributed by atoms with Crippen LogP contribution in [-0.2, 0) is 17.3 Å². The van der Waals surface area contributed by atoms with Crippen LogP contribution in [0, 0.1) is 0 Å². The van der Waals surface area contributed by atoms with E-state index in [4.69, 9.17) is 0 Å². The van der Waals surface area contributed by atoms with E-state index in [0.29, 0.717) is 0 Å². The third-order valence-corrected chi connectivity index (χ3v) is 14.2. The van der Waals surface area contributed by atoms with E-state index in [1.54, 1.807) is 0 Å². The predicted octanol–water partition coefficient (Wildman–Crippen LogP) is 15.7. The lowest BCUT2D eigenvalue weighted by Crippen LogP contribution is -2.23. The van der Waals surface area contributed by atoms with Crippen molar-refractivity contribution >= 4 is 21.5 Å². The van der Waals surface area contributed by atoms with Crippen LogP contribution in [0.15, 0.2) is 152 Å². The summed E-state index contributed by atoms with van der Waals surface area (Å²) in [4.78, 5) is 0. The SMILES string of the molecule is CCc1ccc(-c2c3ccccc3c(-c3ccc4c(c3)C(CC)(CC)c3cc(-c5ccc6c(c5)C(CC)(CC)c5ccccc5-6)ccc3-4)c3ccccc23)cc1. The van der Waals surface area contributed by atoms with E-state index in [9.17, 15) is 0 Å². The van der Waals surface area contributed by atoms with E-state index in [2.05, 4.69) is 186 Å². The molecule has 0 heteroatoms. The molecular formula is C56H50. The monoisotopic (exact) mass is 722 g/mol. The molecule has 0 aliphatic heterocycles.